The first-order valence-corrected chi connectivity index (χ1v) is 7.63. The minimum atomic E-state index is 0.471. The highest BCUT2D eigenvalue weighted by molar-refractivity contribution is 8.00. The molecule has 0 bridgehead atoms. The van der Waals surface area contributed by atoms with Gasteiger partial charge >= 0.3 is 0 Å². The van der Waals surface area contributed by atoms with Gasteiger partial charge in [0.1, 0.15) is 0 Å². The van der Waals surface area contributed by atoms with Crippen LogP contribution in [-0.4, -0.2) is 22.5 Å². The molecule has 1 aromatic rings. The lowest BCUT2D eigenvalue weighted by Crippen LogP contribution is -2.31. The average molecular weight is 250 g/mol. The summed E-state index contributed by atoms with van der Waals surface area (Å²) in [7, 11) is 0. The summed E-state index contributed by atoms with van der Waals surface area (Å²) < 4.78 is 0. The second kappa shape index (κ2) is 6.41. The molecule has 0 radical (unpaired) electrons. The van der Waals surface area contributed by atoms with Gasteiger partial charge < -0.3 is 5.32 Å². The molecule has 2 atom stereocenters. The summed E-state index contributed by atoms with van der Waals surface area (Å²) in [4.78, 5) is 4.43. The molecule has 2 unspecified atom stereocenters. The highest BCUT2D eigenvalue weighted by Gasteiger charge is 2.24. The molecule has 0 aliphatic carbocycles. The molecule has 2 rings (SSSR count). The van der Waals surface area contributed by atoms with E-state index in [1.165, 1.54) is 30.6 Å². The molecule has 1 fully saturated rings. The van der Waals surface area contributed by atoms with Crippen molar-refractivity contribution in [2.24, 2.45) is 0 Å². The van der Waals surface area contributed by atoms with Crippen LogP contribution in [0.2, 0.25) is 0 Å². The third kappa shape index (κ3) is 3.46. The predicted octanol–water partition coefficient (Wildman–Crippen LogP) is 3.33. The Balaban J connectivity index is 2.12. The highest BCUT2D eigenvalue weighted by Crippen LogP contribution is 2.34. The Morgan fingerprint density at radius 1 is 1.47 bits per heavy atom. The first-order valence-electron chi connectivity index (χ1n) is 6.59. The van der Waals surface area contributed by atoms with Gasteiger partial charge in [-0.05, 0) is 43.7 Å². The molecule has 1 aliphatic heterocycles. The molecular weight excluding hydrogens is 228 g/mol. The van der Waals surface area contributed by atoms with Gasteiger partial charge in [-0.3, -0.25) is 4.98 Å². The zero-order valence-electron chi connectivity index (χ0n) is 10.8. The summed E-state index contributed by atoms with van der Waals surface area (Å²) in [5.41, 5.74) is 2.44. The summed E-state index contributed by atoms with van der Waals surface area (Å²) in [6, 6.07) is 4.82. The van der Waals surface area contributed by atoms with Gasteiger partial charge in [0.2, 0.25) is 0 Å². The standard InChI is InChI=1S/C14H22N2S/c1-3-15-14(13-6-4-5-9-17-13)12-8-7-11(2)16-10-12/h7-8,10,13-15H,3-6,9H2,1-2H3. The Kier molecular flexibility index (Phi) is 4.86. The van der Waals surface area contributed by atoms with E-state index < -0.39 is 0 Å². The van der Waals surface area contributed by atoms with E-state index in [1.807, 2.05) is 13.1 Å². The lowest BCUT2D eigenvalue weighted by Gasteiger charge is -2.30. The first-order chi connectivity index (χ1) is 8.31. The van der Waals surface area contributed by atoms with E-state index >= 15 is 0 Å². The number of nitrogens with zero attached hydrogens (tertiary/aromatic N) is 1. The summed E-state index contributed by atoms with van der Waals surface area (Å²) in [6.07, 6.45) is 6.12. The number of aryl methyl sites for hydroxylation is 1. The second-order valence-electron chi connectivity index (χ2n) is 4.67. The van der Waals surface area contributed by atoms with E-state index in [4.69, 9.17) is 0 Å². The van der Waals surface area contributed by atoms with E-state index in [1.54, 1.807) is 0 Å². The zero-order chi connectivity index (χ0) is 12.1. The van der Waals surface area contributed by atoms with Gasteiger partial charge in [-0.15, -0.1) is 0 Å². The summed E-state index contributed by atoms with van der Waals surface area (Å²) in [5, 5.41) is 4.34. The van der Waals surface area contributed by atoms with E-state index in [-0.39, 0.29) is 0 Å². The Morgan fingerprint density at radius 2 is 2.35 bits per heavy atom. The smallest absolute Gasteiger partial charge is 0.0455 e. The molecule has 0 amide bonds. The maximum absolute atomic E-state index is 4.43. The topological polar surface area (TPSA) is 24.9 Å². The van der Waals surface area contributed by atoms with Crippen molar-refractivity contribution in [1.29, 1.82) is 0 Å². The summed E-state index contributed by atoms with van der Waals surface area (Å²) in [6.45, 7) is 5.25. The Morgan fingerprint density at radius 3 is 2.94 bits per heavy atom. The van der Waals surface area contributed by atoms with Crippen LogP contribution in [-0.2, 0) is 0 Å². The van der Waals surface area contributed by atoms with Crippen LogP contribution < -0.4 is 5.32 Å². The van der Waals surface area contributed by atoms with Gasteiger partial charge in [0.25, 0.3) is 0 Å². The number of thioether (sulfide) groups is 1. The van der Waals surface area contributed by atoms with Crippen LogP contribution in [0.4, 0.5) is 0 Å². The highest BCUT2D eigenvalue weighted by atomic mass is 32.2. The van der Waals surface area contributed by atoms with Gasteiger partial charge in [0.05, 0.1) is 0 Å². The van der Waals surface area contributed by atoms with Gasteiger partial charge in [0, 0.05) is 23.2 Å². The molecule has 3 heteroatoms. The average Bonchev–Trinajstić information content (AvgIpc) is 2.38. The minimum Gasteiger partial charge on any atom is -0.309 e. The second-order valence-corrected chi connectivity index (χ2v) is 6.02. The monoisotopic (exact) mass is 250 g/mol. The number of rotatable bonds is 4. The zero-order valence-corrected chi connectivity index (χ0v) is 11.6. The van der Waals surface area contributed by atoms with Gasteiger partial charge in [-0.1, -0.05) is 19.4 Å². The molecule has 0 saturated carbocycles. The van der Waals surface area contributed by atoms with Crippen molar-refractivity contribution in [3.8, 4) is 0 Å². The summed E-state index contributed by atoms with van der Waals surface area (Å²) in [5.74, 6) is 1.31. The van der Waals surface area contributed by atoms with Crippen LogP contribution in [0.5, 0.6) is 0 Å². The van der Waals surface area contributed by atoms with Gasteiger partial charge in [-0.2, -0.15) is 11.8 Å². The molecule has 1 saturated heterocycles. The number of nitrogens with one attached hydrogen (secondary N) is 1. The van der Waals surface area contributed by atoms with Crippen LogP contribution in [0.3, 0.4) is 0 Å². The molecule has 0 aromatic carbocycles. The molecule has 1 aromatic heterocycles. The van der Waals surface area contributed by atoms with Crippen LogP contribution in [0.25, 0.3) is 0 Å². The molecule has 2 heterocycles. The predicted molar refractivity (Wildman–Crippen MR) is 75.5 cm³/mol. The van der Waals surface area contributed by atoms with Crippen molar-refractivity contribution in [2.75, 3.05) is 12.3 Å². The summed E-state index contributed by atoms with van der Waals surface area (Å²) >= 11 is 2.12. The number of hydrogen-bond acceptors (Lipinski definition) is 3. The largest absolute Gasteiger partial charge is 0.309 e. The third-order valence-electron chi connectivity index (χ3n) is 3.30. The van der Waals surface area contributed by atoms with E-state index in [2.05, 4.69) is 41.1 Å². The van der Waals surface area contributed by atoms with E-state index in [0.717, 1.165) is 12.2 Å². The number of pyridine rings is 1. The quantitative estimate of drug-likeness (QED) is 0.887. The van der Waals surface area contributed by atoms with Crippen molar-refractivity contribution in [3.63, 3.8) is 0 Å². The molecule has 17 heavy (non-hydrogen) atoms. The maximum atomic E-state index is 4.43. The Hall–Kier alpha value is -0.540. The maximum Gasteiger partial charge on any atom is 0.0455 e. The Labute approximate surface area is 109 Å². The third-order valence-corrected chi connectivity index (χ3v) is 4.76. The van der Waals surface area contributed by atoms with Crippen LogP contribution in [0.1, 0.15) is 43.5 Å². The van der Waals surface area contributed by atoms with Crippen LogP contribution in [0, 0.1) is 6.92 Å². The fourth-order valence-electron chi connectivity index (χ4n) is 2.38. The lowest BCUT2D eigenvalue weighted by molar-refractivity contribution is 0.490. The van der Waals surface area contributed by atoms with Gasteiger partial charge in [0.15, 0.2) is 0 Å². The van der Waals surface area contributed by atoms with Crippen LogP contribution in [0.15, 0.2) is 18.3 Å². The molecular formula is C14H22N2S. The normalized spacial score (nSPS) is 22.4. The molecule has 2 nitrogen and oxygen atoms in total. The van der Waals surface area contributed by atoms with Crippen molar-refractivity contribution >= 4 is 11.8 Å². The lowest BCUT2D eigenvalue weighted by atomic mass is 10.0. The minimum absolute atomic E-state index is 0.471. The molecule has 94 valence electrons. The number of hydrogen-bond donors (Lipinski definition) is 1. The fraction of sp³-hybridized carbons (Fsp3) is 0.643. The Bertz CT molecular complexity index is 331. The van der Waals surface area contributed by atoms with Crippen molar-refractivity contribution in [3.05, 3.63) is 29.6 Å². The SMILES string of the molecule is CCNC(c1ccc(C)nc1)C1CCCCS1. The molecule has 0 spiro atoms. The van der Waals surface area contributed by atoms with Gasteiger partial charge in [-0.25, -0.2) is 0 Å². The first kappa shape index (κ1) is 12.9. The molecule has 1 N–H and O–H groups in total. The number of aromatic nitrogens is 1. The van der Waals surface area contributed by atoms with Crippen LogP contribution >= 0.6 is 11.8 Å². The van der Waals surface area contributed by atoms with Crippen molar-refractivity contribution in [2.45, 2.75) is 44.4 Å². The van der Waals surface area contributed by atoms with E-state index in [9.17, 15) is 0 Å². The van der Waals surface area contributed by atoms with Crippen molar-refractivity contribution in [1.82, 2.24) is 10.3 Å². The fourth-order valence-corrected chi connectivity index (χ4v) is 3.83. The van der Waals surface area contributed by atoms with Crippen molar-refractivity contribution < 1.29 is 0 Å². The van der Waals surface area contributed by atoms with E-state index in [0.29, 0.717) is 11.3 Å². The molecule has 1 aliphatic rings.